The minimum Gasteiger partial charge on any atom is -0.356 e. The second kappa shape index (κ2) is 11.0. The van der Waals surface area contributed by atoms with Gasteiger partial charge in [0.05, 0.1) is 12.5 Å². The molecule has 0 aromatic heterocycles. The van der Waals surface area contributed by atoms with Gasteiger partial charge in [0.15, 0.2) is 0 Å². The fourth-order valence-corrected chi connectivity index (χ4v) is 1.47. The highest BCUT2D eigenvalue weighted by Crippen LogP contribution is 1.94. The molecule has 2 amide bonds. The summed E-state index contributed by atoms with van der Waals surface area (Å²) in [4.78, 5) is 23.5. The van der Waals surface area contributed by atoms with Crippen molar-refractivity contribution in [2.75, 3.05) is 19.6 Å². The summed E-state index contributed by atoms with van der Waals surface area (Å²) < 4.78 is 0. The molecule has 0 aromatic carbocycles. The van der Waals surface area contributed by atoms with Gasteiger partial charge in [-0.15, -0.1) is 0 Å². The van der Waals surface area contributed by atoms with Crippen molar-refractivity contribution in [3.8, 4) is 0 Å². The van der Waals surface area contributed by atoms with Gasteiger partial charge in [-0.05, 0) is 25.8 Å². The molecule has 106 valence electrons. The molecule has 0 aliphatic rings. The van der Waals surface area contributed by atoms with Gasteiger partial charge in [-0.2, -0.15) is 0 Å². The van der Waals surface area contributed by atoms with Crippen LogP contribution in [0.4, 0.5) is 0 Å². The first-order chi connectivity index (χ1) is 8.65. The SMILES string of the molecule is CCCNC(=O)CC(NCCC)C(=O)NCCC. The van der Waals surface area contributed by atoms with E-state index in [4.69, 9.17) is 0 Å². The molecule has 0 heterocycles. The van der Waals surface area contributed by atoms with Crippen LogP contribution in [0.25, 0.3) is 0 Å². The predicted molar refractivity (Wildman–Crippen MR) is 73.3 cm³/mol. The molecule has 5 heteroatoms. The smallest absolute Gasteiger partial charge is 0.237 e. The zero-order valence-electron chi connectivity index (χ0n) is 11.8. The minimum atomic E-state index is -0.423. The summed E-state index contributed by atoms with van der Waals surface area (Å²) >= 11 is 0. The van der Waals surface area contributed by atoms with Gasteiger partial charge >= 0.3 is 0 Å². The Hall–Kier alpha value is -1.10. The van der Waals surface area contributed by atoms with Crippen molar-refractivity contribution in [2.24, 2.45) is 0 Å². The van der Waals surface area contributed by atoms with Crippen molar-refractivity contribution in [1.82, 2.24) is 16.0 Å². The summed E-state index contributed by atoms with van der Waals surface area (Å²) in [5.41, 5.74) is 0. The highest BCUT2D eigenvalue weighted by Gasteiger charge is 2.20. The van der Waals surface area contributed by atoms with Crippen molar-refractivity contribution in [3.63, 3.8) is 0 Å². The van der Waals surface area contributed by atoms with Crippen LogP contribution in [0.2, 0.25) is 0 Å². The Morgan fingerprint density at radius 3 is 2.00 bits per heavy atom. The Bertz CT molecular complexity index is 244. The summed E-state index contributed by atoms with van der Waals surface area (Å²) in [7, 11) is 0. The third kappa shape index (κ3) is 8.06. The van der Waals surface area contributed by atoms with Crippen LogP contribution in [-0.2, 0) is 9.59 Å². The van der Waals surface area contributed by atoms with Crippen LogP contribution in [0.3, 0.4) is 0 Å². The van der Waals surface area contributed by atoms with Gasteiger partial charge in [-0.1, -0.05) is 20.8 Å². The molecule has 0 fully saturated rings. The molecule has 0 aliphatic carbocycles. The van der Waals surface area contributed by atoms with Gasteiger partial charge in [0.2, 0.25) is 11.8 Å². The first-order valence-corrected chi connectivity index (χ1v) is 6.93. The number of hydrogen-bond acceptors (Lipinski definition) is 3. The van der Waals surface area contributed by atoms with Gasteiger partial charge in [0.1, 0.15) is 0 Å². The van der Waals surface area contributed by atoms with E-state index in [1.54, 1.807) is 0 Å². The van der Waals surface area contributed by atoms with E-state index < -0.39 is 6.04 Å². The Balaban J connectivity index is 4.19. The molecule has 5 nitrogen and oxygen atoms in total. The quantitative estimate of drug-likeness (QED) is 0.542. The number of nitrogens with one attached hydrogen (secondary N) is 3. The van der Waals surface area contributed by atoms with Crippen LogP contribution >= 0.6 is 0 Å². The van der Waals surface area contributed by atoms with E-state index in [-0.39, 0.29) is 18.2 Å². The molecular weight excluding hydrogens is 230 g/mol. The molecule has 0 aromatic rings. The van der Waals surface area contributed by atoms with Crippen molar-refractivity contribution in [3.05, 3.63) is 0 Å². The van der Waals surface area contributed by atoms with Gasteiger partial charge in [0, 0.05) is 13.1 Å². The molecule has 1 unspecified atom stereocenters. The Kier molecular flexibility index (Phi) is 10.3. The first-order valence-electron chi connectivity index (χ1n) is 6.93. The van der Waals surface area contributed by atoms with Gasteiger partial charge < -0.3 is 16.0 Å². The largest absolute Gasteiger partial charge is 0.356 e. The summed E-state index contributed by atoms with van der Waals surface area (Å²) in [6.45, 7) is 8.09. The molecular formula is C13H27N3O2. The Morgan fingerprint density at radius 1 is 0.889 bits per heavy atom. The Morgan fingerprint density at radius 2 is 1.44 bits per heavy atom. The van der Waals surface area contributed by atoms with Crippen LogP contribution in [0.15, 0.2) is 0 Å². The van der Waals surface area contributed by atoms with Crippen molar-refractivity contribution in [2.45, 2.75) is 52.5 Å². The van der Waals surface area contributed by atoms with E-state index in [0.717, 1.165) is 25.8 Å². The molecule has 0 rings (SSSR count). The average Bonchev–Trinajstić information content (AvgIpc) is 2.38. The zero-order chi connectivity index (χ0) is 13.8. The van der Waals surface area contributed by atoms with Crippen molar-refractivity contribution < 1.29 is 9.59 Å². The lowest BCUT2D eigenvalue weighted by Gasteiger charge is -2.17. The van der Waals surface area contributed by atoms with Crippen LogP contribution in [0.5, 0.6) is 0 Å². The monoisotopic (exact) mass is 257 g/mol. The maximum atomic E-state index is 11.9. The first kappa shape index (κ1) is 16.9. The number of carbonyl (C=O) groups excluding carboxylic acids is 2. The second-order valence-electron chi connectivity index (χ2n) is 4.35. The summed E-state index contributed by atoms with van der Waals surface area (Å²) in [6, 6.07) is -0.423. The van der Waals surface area contributed by atoms with Crippen molar-refractivity contribution in [1.29, 1.82) is 0 Å². The second-order valence-corrected chi connectivity index (χ2v) is 4.35. The highest BCUT2D eigenvalue weighted by molar-refractivity contribution is 5.88. The van der Waals surface area contributed by atoms with E-state index in [2.05, 4.69) is 16.0 Å². The van der Waals surface area contributed by atoms with Gasteiger partial charge in [0.25, 0.3) is 0 Å². The summed E-state index contributed by atoms with van der Waals surface area (Å²) in [6.07, 6.45) is 2.94. The molecule has 18 heavy (non-hydrogen) atoms. The topological polar surface area (TPSA) is 70.2 Å². The van der Waals surface area contributed by atoms with E-state index in [0.29, 0.717) is 13.1 Å². The molecule has 0 bridgehead atoms. The van der Waals surface area contributed by atoms with Crippen molar-refractivity contribution >= 4 is 11.8 Å². The molecule has 3 N–H and O–H groups in total. The molecule has 0 spiro atoms. The van der Waals surface area contributed by atoms with Gasteiger partial charge in [-0.25, -0.2) is 0 Å². The van der Waals surface area contributed by atoms with E-state index >= 15 is 0 Å². The normalized spacial score (nSPS) is 11.9. The number of hydrogen-bond donors (Lipinski definition) is 3. The summed E-state index contributed by atoms with van der Waals surface area (Å²) in [5.74, 6) is -0.158. The number of carbonyl (C=O) groups is 2. The molecule has 0 aliphatic heterocycles. The molecule has 0 saturated heterocycles. The maximum absolute atomic E-state index is 11.9. The predicted octanol–water partition coefficient (Wildman–Crippen LogP) is 0.797. The van der Waals surface area contributed by atoms with E-state index in [1.807, 2.05) is 20.8 Å². The number of rotatable bonds is 10. The molecule has 0 radical (unpaired) electrons. The van der Waals surface area contributed by atoms with Gasteiger partial charge in [-0.3, -0.25) is 9.59 Å². The zero-order valence-corrected chi connectivity index (χ0v) is 11.8. The van der Waals surface area contributed by atoms with Crippen LogP contribution in [-0.4, -0.2) is 37.5 Å². The lowest BCUT2D eigenvalue weighted by Crippen LogP contribution is -2.47. The number of amides is 2. The molecule has 0 saturated carbocycles. The lowest BCUT2D eigenvalue weighted by molar-refractivity contribution is -0.128. The van der Waals surface area contributed by atoms with E-state index in [9.17, 15) is 9.59 Å². The third-order valence-electron chi connectivity index (χ3n) is 2.47. The van der Waals surface area contributed by atoms with Crippen LogP contribution in [0.1, 0.15) is 46.5 Å². The minimum absolute atomic E-state index is 0.0721. The van der Waals surface area contributed by atoms with E-state index in [1.165, 1.54) is 0 Å². The summed E-state index contributed by atoms with van der Waals surface area (Å²) in [5, 5.41) is 8.73. The fourth-order valence-electron chi connectivity index (χ4n) is 1.47. The van der Waals surface area contributed by atoms with Crippen LogP contribution in [0, 0.1) is 0 Å². The fraction of sp³-hybridized carbons (Fsp3) is 0.846. The highest BCUT2D eigenvalue weighted by atomic mass is 16.2. The average molecular weight is 257 g/mol. The van der Waals surface area contributed by atoms with Crippen LogP contribution < -0.4 is 16.0 Å². The lowest BCUT2D eigenvalue weighted by atomic mass is 10.1. The standard InChI is InChI=1S/C13H27N3O2/c1-4-7-14-11(13(18)16-9-6-3)10-12(17)15-8-5-2/h11,14H,4-10H2,1-3H3,(H,15,17)(H,16,18). The molecule has 1 atom stereocenters. The Labute approximate surface area is 110 Å². The third-order valence-corrected chi connectivity index (χ3v) is 2.47. The maximum Gasteiger partial charge on any atom is 0.237 e.